The minimum atomic E-state index is -4.31. The lowest BCUT2D eigenvalue weighted by atomic mass is 10.2. The molecule has 0 aliphatic carbocycles. The van der Waals surface area contributed by atoms with Crippen molar-refractivity contribution in [2.45, 2.75) is 17.7 Å². The number of anilines is 1. The van der Waals surface area contributed by atoms with Crippen LogP contribution in [-0.2, 0) is 14.8 Å². The molecule has 0 atom stereocenters. The molecule has 0 aliphatic heterocycles. The number of nitrogens with zero attached hydrogens (tertiary/aromatic N) is 2. The number of hydrogen-bond donors (Lipinski definition) is 1. The number of halogens is 3. The molecule has 0 aromatic heterocycles. The van der Waals surface area contributed by atoms with E-state index in [1.807, 2.05) is 0 Å². The highest BCUT2D eigenvalue weighted by molar-refractivity contribution is 7.92. The number of benzene rings is 2. The number of nitro groups is 1. The van der Waals surface area contributed by atoms with Crippen LogP contribution in [0.5, 0.6) is 0 Å². The molecule has 1 N–H and O–H groups in total. The van der Waals surface area contributed by atoms with Gasteiger partial charge in [0.15, 0.2) is 0 Å². The van der Waals surface area contributed by atoms with Crippen molar-refractivity contribution in [3.63, 3.8) is 0 Å². The van der Waals surface area contributed by atoms with Crippen molar-refractivity contribution in [3.05, 3.63) is 61.6 Å². The van der Waals surface area contributed by atoms with Gasteiger partial charge in [0, 0.05) is 25.1 Å². The zero-order chi connectivity index (χ0) is 21.1. The molecule has 8 nitrogen and oxygen atoms in total. The molecule has 0 amide bonds. The molecular formula is C16H13Cl3N2O6S. The van der Waals surface area contributed by atoms with E-state index in [9.17, 15) is 23.3 Å². The maximum absolute atomic E-state index is 13.2. The van der Waals surface area contributed by atoms with E-state index >= 15 is 0 Å². The standard InChI is InChI=1S/C16H13Cl3N2O6S/c17-12-8-14(19)15(9-13(12)18)20(6-2-5-16(22)23)28(26,27)11-4-1-3-10(7-11)21(24)25/h1,3-4,7-9H,2,5-6H2,(H,22,23). The van der Waals surface area contributed by atoms with Crippen molar-refractivity contribution < 1.29 is 23.2 Å². The molecule has 0 aliphatic rings. The van der Waals surface area contributed by atoms with Gasteiger partial charge in [-0.1, -0.05) is 40.9 Å². The van der Waals surface area contributed by atoms with Crippen molar-refractivity contribution in [1.82, 2.24) is 0 Å². The first kappa shape index (κ1) is 22.2. The van der Waals surface area contributed by atoms with Gasteiger partial charge in [-0.25, -0.2) is 8.42 Å². The predicted octanol–water partition coefficient (Wildman–Crippen LogP) is 4.62. The Labute approximate surface area is 175 Å². The third-order valence-corrected chi connectivity index (χ3v) is 6.46. The van der Waals surface area contributed by atoms with Crippen LogP contribution in [0.1, 0.15) is 12.8 Å². The average molecular weight is 468 g/mol. The molecule has 0 bridgehead atoms. The topological polar surface area (TPSA) is 118 Å². The summed E-state index contributed by atoms with van der Waals surface area (Å²) in [6.45, 7) is -0.241. The summed E-state index contributed by atoms with van der Waals surface area (Å²) in [5.74, 6) is -1.10. The molecule has 0 fully saturated rings. The lowest BCUT2D eigenvalue weighted by molar-refractivity contribution is -0.385. The molecule has 150 valence electrons. The second-order valence-electron chi connectivity index (χ2n) is 5.55. The van der Waals surface area contributed by atoms with Gasteiger partial charge in [0.25, 0.3) is 15.7 Å². The molecule has 0 heterocycles. The first-order chi connectivity index (χ1) is 13.0. The van der Waals surface area contributed by atoms with Crippen LogP contribution in [-0.4, -0.2) is 31.0 Å². The normalized spacial score (nSPS) is 11.2. The second-order valence-corrected chi connectivity index (χ2v) is 8.63. The van der Waals surface area contributed by atoms with Crippen molar-refractivity contribution in [2.24, 2.45) is 0 Å². The van der Waals surface area contributed by atoms with E-state index in [4.69, 9.17) is 39.9 Å². The Morgan fingerprint density at radius 3 is 2.36 bits per heavy atom. The summed E-state index contributed by atoms with van der Waals surface area (Å²) in [5, 5.41) is 19.9. The monoisotopic (exact) mass is 466 g/mol. The molecule has 0 saturated heterocycles. The maximum Gasteiger partial charge on any atom is 0.303 e. The van der Waals surface area contributed by atoms with E-state index < -0.39 is 26.6 Å². The molecule has 2 rings (SSSR count). The van der Waals surface area contributed by atoms with Crippen LogP contribution in [0.15, 0.2) is 41.3 Å². The zero-order valence-corrected chi connectivity index (χ0v) is 17.1. The fourth-order valence-electron chi connectivity index (χ4n) is 2.33. The number of hydrogen-bond acceptors (Lipinski definition) is 5. The number of carboxylic acids is 1. The summed E-state index contributed by atoms with van der Waals surface area (Å²) in [5.41, 5.74) is -0.431. The van der Waals surface area contributed by atoms with Gasteiger partial charge in [0.05, 0.1) is 30.6 Å². The smallest absolute Gasteiger partial charge is 0.303 e. The van der Waals surface area contributed by atoms with Crippen LogP contribution in [0.2, 0.25) is 15.1 Å². The summed E-state index contributed by atoms with van der Waals surface area (Å²) in [6.07, 6.45) is -0.319. The first-order valence-corrected chi connectivity index (χ1v) is 10.2. The van der Waals surface area contributed by atoms with E-state index in [-0.39, 0.29) is 45.0 Å². The summed E-state index contributed by atoms with van der Waals surface area (Å²) >= 11 is 18.0. The summed E-state index contributed by atoms with van der Waals surface area (Å²) in [4.78, 5) is 20.7. The van der Waals surface area contributed by atoms with E-state index in [1.54, 1.807) is 0 Å². The lowest BCUT2D eigenvalue weighted by Gasteiger charge is -2.25. The summed E-state index contributed by atoms with van der Waals surface area (Å²) in [7, 11) is -4.31. The van der Waals surface area contributed by atoms with Gasteiger partial charge in [-0.2, -0.15) is 0 Å². The average Bonchev–Trinajstić information content (AvgIpc) is 2.62. The Morgan fingerprint density at radius 1 is 1.11 bits per heavy atom. The second kappa shape index (κ2) is 8.95. The van der Waals surface area contributed by atoms with E-state index in [0.29, 0.717) is 0 Å². The van der Waals surface area contributed by atoms with Gasteiger partial charge < -0.3 is 5.11 Å². The van der Waals surface area contributed by atoms with Crippen LogP contribution >= 0.6 is 34.8 Å². The fourth-order valence-corrected chi connectivity index (χ4v) is 4.58. The van der Waals surface area contributed by atoms with Crippen molar-refractivity contribution in [1.29, 1.82) is 0 Å². The van der Waals surface area contributed by atoms with Gasteiger partial charge in [-0.05, 0) is 24.6 Å². The quantitative estimate of drug-likeness (QED) is 0.344. The van der Waals surface area contributed by atoms with Crippen LogP contribution in [0.3, 0.4) is 0 Å². The lowest BCUT2D eigenvalue weighted by Crippen LogP contribution is -2.32. The van der Waals surface area contributed by atoms with Crippen molar-refractivity contribution in [3.8, 4) is 0 Å². The van der Waals surface area contributed by atoms with Gasteiger partial charge in [0.1, 0.15) is 0 Å². The highest BCUT2D eigenvalue weighted by Gasteiger charge is 2.28. The molecule has 28 heavy (non-hydrogen) atoms. The number of carbonyl (C=O) groups is 1. The number of nitro benzene ring substituents is 1. The molecule has 0 spiro atoms. The third-order valence-electron chi connectivity index (χ3n) is 3.63. The number of non-ortho nitro benzene ring substituents is 1. The van der Waals surface area contributed by atoms with Gasteiger partial charge in [0.2, 0.25) is 0 Å². The summed E-state index contributed by atoms with van der Waals surface area (Å²) in [6, 6.07) is 6.98. The Hall–Kier alpha value is -2.07. The molecule has 2 aromatic carbocycles. The minimum Gasteiger partial charge on any atom is -0.481 e. The van der Waals surface area contributed by atoms with Crippen molar-refractivity contribution in [2.75, 3.05) is 10.8 Å². The molecular weight excluding hydrogens is 455 g/mol. The van der Waals surface area contributed by atoms with Crippen LogP contribution in [0, 0.1) is 10.1 Å². The molecule has 0 unspecified atom stereocenters. The Morgan fingerprint density at radius 2 is 1.75 bits per heavy atom. The highest BCUT2D eigenvalue weighted by atomic mass is 35.5. The zero-order valence-electron chi connectivity index (χ0n) is 14.0. The van der Waals surface area contributed by atoms with Crippen LogP contribution < -0.4 is 4.31 Å². The SMILES string of the molecule is O=C(O)CCCN(c1cc(Cl)c(Cl)cc1Cl)S(=O)(=O)c1cccc([N+](=O)[O-])c1. The van der Waals surface area contributed by atoms with Crippen LogP contribution in [0.25, 0.3) is 0 Å². The largest absolute Gasteiger partial charge is 0.481 e. The Balaban J connectivity index is 2.57. The number of aliphatic carboxylic acids is 1. The number of sulfonamides is 1. The minimum absolute atomic E-state index is 0.0204. The van der Waals surface area contributed by atoms with Gasteiger partial charge in [-0.3, -0.25) is 19.2 Å². The van der Waals surface area contributed by atoms with E-state index in [1.165, 1.54) is 24.3 Å². The molecule has 0 radical (unpaired) electrons. The van der Waals surface area contributed by atoms with Gasteiger partial charge in [-0.15, -0.1) is 0 Å². The molecule has 2 aromatic rings. The van der Waals surface area contributed by atoms with E-state index in [0.717, 1.165) is 16.4 Å². The maximum atomic E-state index is 13.2. The predicted molar refractivity (Wildman–Crippen MR) is 106 cm³/mol. The molecule has 0 saturated carbocycles. The number of rotatable bonds is 8. The van der Waals surface area contributed by atoms with Crippen LogP contribution in [0.4, 0.5) is 11.4 Å². The third kappa shape index (κ3) is 5.05. The fraction of sp³-hybridized carbons (Fsp3) is 0.188. The molecule has 12 heteroatoms. The summed E-state index contributed by atoms with van der Waals surface area (Å²) < 4.78 is 27.2. The van der Waals surface area contributed by atoms with E-state index in [2.05, 4.69) is 0 Å². The number of carboxylic acid groups (broad SMARTS) is 1. The Kier molecular flexibility index (Phi) is 7.11. The Bertz CT molecular complexity index is 1030. The first-order valence-electron chi connectivity index (χ1n) is 7.67. The van der Waals surface area contributed by atoms with Crippen molar-refractivity contribution >= 4 is 62.2 Å². The highest BCUT2D eigenvalue weighted by Crippen LogP contribution is 2.37. The van der Waals surface area contributed by atoms with Gasteiger partial charge >= 0.3 is 5.97 Å².